The zero-order valence-corrected chi connectivity index (χ0v) is 11.9. The Balaban J connectivity index is 2.16. The van der Waals surface area contributed by atoms with E-state index < -0.39 is 44.2 Å². The number of hydrogen-bond acceptors (Lipinski definition) is 0. The SMILES string of the molecule is c1cc[c]([Ba][c]2ccccc2)cc1. The molecule has 2 aromatic carbocycles. The fraction of sp³-hybridized carbons (Fsp3) is 0. The Kier molecular flexibility index (Phi) is 3.70. The van der Waals surface area contributed by atoms with E-state index in [0.29, 0.717) is 0 Å². The van der Waals surface area contributed by atoms with Gasteiger partial charge in [0.15, 0.2) is 0 Å². The predicted molar refractivity (Wildman–Crippen MR) is 57.9 cm³/mol. The summed E-state index contributed by atoms with van der Waals surface area (Å²) in [5.74, 6) is 0. The normalized spacial score (nSPS) is 9.23. The van der Waals surface area contributed by atoms with Crippen molar-refractivity contribution in [3.05, 3.63) is 60.7 Å². The van der Waals surface area contributed by atoms with Crippen molar-refractivity contribution in [2.24, 2.45) is 0 Å². The minimum absolute atomic E-state index is 0.992. The van der Waals surface area contributed by atoms with Gasteiger partial charge in [0.05, 0.1) is 0 Å². The second-order valence-electron chi connectivity index (χ2n) is 3.15. The Morgan fingerprint density at radius 3 is 1.31 bits per heavy atom. The summed E-state index contributed by atoms with van der Waals surface area (Å²) in [6, 6.07) is 21.8. The van der Waals surface area contributed by atoms with E-state index in [1.54, 1.807) is 0.0628 Å². The molecule has 0 heterocycles. The molecule has 0 aromatic heterocycles. The zero-order chi connectivity index (χ0) is 8.93. The summed E-state index contributed by atoms with van der Waals surface area (Å²) in [7, 11) is 0. The molecule has 0 unspecified atom stereocenters. The molecule has 0 fully saturated rings. The second kappa shape index (κ2) is 5.03. The summed E-state index contributed by atoms with van der Waals surface area (Å²) in [5, 5.41) is 0. The third-order valence-corrected chi connectivity index (χ3v) is 7.62. The minimum atomic E-state index is -0.992. The van der Waals surface area contributed by atoms with Crippen LogP contribution >= 0.6 is 0 Å². The van der Waals surface area contributed by atoms with Crippen LogP contribution in [0.3, 0.4) is 0 Å². The summed E-state index contributed by atoms with van der Waals surface area (Å²) in [5.41, 5.74) is 0. The fourth-order valence-corrected chi connectivity index (χ4v) is 6.10. The van der Waals surface area contributed by atoms with Gasteiger partial charge in [-0.2, -0.15) is 0 Å². The van der Waals surface area contributed by atoms with Crippen molar-refractivity contribution >= 4 is 44.2 Å². The first-order chi connectivity index (χ1) is 6.45. The molecule has 0 atom stereocenters. The van der Waals surface area contributed by atoms with Crippen LogP contribution in [0.25, 0.3) is 0 Å². The molecule has 13 heavy (non-hydrogen) atoms. The van der Waals surface area contributed by atoms with E-state index in [2.05, 4.69) is 60.7 Å². The maximum atomic E-state index is 2.26. The van der Waals surface area contributed by atoms with Gasteiger partial charge >= 0.3 is 105 Å². The molecule has 0 aliphatic heterocycles. The van der Waals surface area contributed by atoms with Gasteiger partial charge in [-0.15, -0.1) is 0 Å². The average molecular weight is 292 g/mol. The van der Waals surface area contributed by atoms with Crippen LogP contribution in [0.5, 0.6) is 0 Å². The van der Waals surface area contributed by atoms with Crippen LogP contribution < -0.4 is 0.0628 Å². The Hall–Kier alpha value is 0.0114. The van der Waals surface area contributed by atoms with Gasteiger partial charge in [-0.3, -0.25) is 0 Å². The Morgan fingerprint density at radius 1 is 0.538 bits per heavy atom. The molecule has 2 rings (SSSR count). The third kappa shape index (κ3) is 3.01. The van der Waals surface area contributed by atoms with Crippen molar-refractivity contribution in [3.8, 4) is 0 Å². The molecule has 0 aliphatic carbocycles. The molecule has 2 aromatic rings. The van der Waals surface area contributed by atoms with E-state index in [-0.39, 0.29) is 0 Å². The average Bonchev–Trinajstić information content (AvgIpc) is 2.21. The summed E-state index contributed by atoms with van der Waals surface area (Å²) < 4.78 is 3.18. The van der Waals surface area contributed by atoms with E-state index in [9.17, 15) is 0 Å². The Morgan fingerprint density at radius 2 is 0.923 bits per heavy atom. The molecular weight excluding hydrogens is 281 g/mol. The standard InChI is InChI=1S/2C6H5.Ba/c2*1-2-4-6-5-3-1;/h2*1-5H;. The molecule has 0 aliphatic rings. The molecule has 0 spiro atoms. The molecular formula is C12H10Ba. The summed E-state index contributed by atoms with van der Waals surface area (Å²) in [4.78, 5) is 0. The molecule has 0 radical (unpaired) electrons. The molecule has 1 heteroatoms. The molecule has 0 amide bonds. The topological polar surface area (TPSA) is 0 Å². The Labute approximate surface area is 103 Å². The monoisotopic (exact) mass is 292 g/mol. The van der Waals surface area contributed by atoms with E-state index >= 15 is 0 Å². The van der Waals surface area contributed by atoms with Gasteiger partial charge < -0.3 is 0 Å². The van der Waals surface area contributed by atoms with Gasteiger partial charge in [-0.25, -0.2) is 0 Å². The van der Waals surface area contributed by atoms with Crippen molar-refractivity contribution in [1.29, 1.82) is 0 Å². The van der Waals surface area contributed by atoms with Crippen molar-refractivity contribution in [2.45, 2.75) is 0 Å². The first kappa shape index (κ1) is 9.56. The van der Waals surface area contributed by atoms with Gasteiger partial charge in [0.1, 0.15) is 0 Å². The van der Waals surface area contributed by atoms with Gasteiger partial charge in [0.2, 0.25) is 0 Å². The van der Waals surface area contributed by atoms with Crippen LogP contribution in [0.15, 0.2) is 60.7 Å². The van der Waals surface area contributed by atoms with E-state index in [1.807, 2.05) is 0 Å². The van der Waals surface area contributed by atoms with Crippen molar-refractivity contribution in [2.75, 3.05) is 0 Å². The van der Waals surface area contributed by atoms with Crippen molar-refractivity contribution in [1.82, 2.24) is 0 Å². The van der Waals surface area contributed by atoms with Crippen LogP contribution in [0.4, 0.5) is 0 Å². The van der Waals surface area contributed by atoms with Crippen molar-refractivity contribution in [3.63, 3.8) is 0 Å². The van der Waals surface area contributed by atoms with E-state index in [0.717, 1.165) is 0 Å². The fourth-order valence-electron chi connectivity index (χ4n) is 1.43. The predicted octanol–water partition coefficient (Wildman–Crippen LogP) is 1.34. The first-order valence-corrected chi connectivity index (χ1v) is 8.97. The molecule has 60 valence electrons. The van der Waals surface area contributed by atoms with E-state index in [1.165, 1.54) is 0 Å². The quantitative estimate of drug-likeness (QED) is 0.733. The summed E-state index contributed by atoms with van der Waals surface area (Å²) in [6.07, 6.45) is 0. The second-order valence-corrected chi connectivity index (χ2v) is 9.39. The molecule has 0 saturated carbocycles. The van der Waals surface area contributed by atoms with Crippen LogP contribution in [0, 0.1) is 0 Å². The maximum absolute atomic E-state index is 2.26. The molecule has 0 nitrogen and oxygen atoms in total. The zero-order valence-electron chi connectivity index (χ0n) is 7.48. The van der Waals surface area contributed by atoms with Crippen LogP contribution in [0.1, 0.15) is 0 Å². The number of hydrogen-bond donors (Lipinski definition) is 0. The number of benzene rings is 2. The van der Waals surface area contributed by atoms with Crippen LogP contribution in [-0.4, -0.2) is 44.2 Å². The first-order valence-electron chi connectivity index (χ1n) is 4.53. The third-order valence-electron chi connectivity index (χ3n) is 2.09. The van der Waals surface area contributed by atoms with Gasteiger partial charge in [-0.1, -0.05) is 0 Å². The van der Waals surface area contributed by atoms with Gasteiger partial charge in [0, 0.05) is 0 Å². The molecule has 0 saturated heterocycles. The van der Waals surface area contributed by atoms with Gasteiger partial charge in [-0.05, 0) is 0 Å². The van der Waals surface area contributed by atoms with Gasteiger partial charge in [0.25, 0.3) is 0 Å². The Bertz CT molecular complexity index is 316. The molecule has 0 bridgehead atoms. The van der Waals surface area contributed by atoms with E-state index in [4.69, 9.17) is 0 Å². The summed E-state index contributed by atoms with van der Waals surface area (Å²) >= 11 is -0.992. The van der Waals surface area contributed by atoms with Crippen LogP contribution in [0.2, 0.25) is 0 Å². The van der Waals surface area contributed by atoms with Crippen molar-refractivity contribution < 1.29 is 0 Å². The van der Waals surface area contributed by atoms with Crippen LogP contribution in [-0.2, 0) is 0 Å². The summed E-state index contributed by atoms with van der Waals surface area (Å²) in [6.45, 7) is 0. The molecule has 0 N–H and O–H groups in total. The number of rotatable bonds is 2.